The van der Waals surface area contributed by atoms with Crippen LogP contribution in [-0.2, 0) is 16.0 Å². The van der Waals surface area contributed by atoms with Crippen LogP contribution in [0.4, 0.5) is 0 Å². The van der Waals surface area contributed by atoms with Crippen LogP contribution in [0.1, 0.15) is 34.7 Å². The number of aliphatic imine (C=N–C) groups is 1. The number of guanidine groups is 1. The number of rotatable bonds is 7. The maximum atomic E-state index is 11.6. The molecule has 1 aromatic heterocycles. The molecular formula is C17H28IN3O5. The molecule has 1 aliphatic heterocycles. The lowest BCUT2D eigenvalue weighted by atomic mass is 9.84. The summed E-state index contributed by atoms with van der Waals surface area (Å²) in [5, 5.41) is 15.7. The van der Waals surface area contributed by atoms with Gasteiger partial charge in [0.05, 0.1) is 20.3 Å². The van der Waals surface area contributed by atoms with E-state index in [4.69, 9.17) is 13.9 Å². The van der Waals surface area contributed by atoms with Crippen molar-refractivity contribution in [2.45, 2.75) is 26.3 Å². The van der Waals surface area contributed by atoms with Crippen LogP contribution in [0.3, 0.4) is 0 Å². The van der Waals surface area contributed by atoms with E-state index in [1.165, 1.54) is 7.11 Å². The van der Waals surface area contributed by atoms with E-state index in [0.29, 0.717) is 49.2 Å². The Kier molecular flexibility index (Phi) is 9.37. The van der Waals surface area contributed by atoms with Crippen LogP contribution in [0.25, 0.3) is 0 Å². The Morgan fingerprint density at radius 2 is 2.23 bits per heavy atom. The molecule has 1 fully saturated rings. The highest BCUT2D eigenvalue weighted by molar-refractivity contribution is 14.0. The molecule has 9 heteroatoms. The van der Waals surface area contributed by atoms with E-state index in [2.05, 4.69) is 15.6 Å². The lowest BCUT2D eigenvalue weighted by Gasteiger charge is -2.27. The van der Waals surface area contributed by atoms with Gasteiger partial charge in [0, 0.05) is 32.2 Å². The first-order valence-electron chi connectivity index (χ1n) is 8.34. The highest BCUT2D eigenvalue weighted by Crippen LogP contribution is 2.31. The maximum Gasteiger partial charge on any atom is 0.341 e. The van der Waals surface area contributed by atoms with Crippen molar-refractivity contribution in [3.05, 3.63) is 23.2 Å². The van der Waals surface area contributed by atoms with Gasteiger partial charge >= 0.3 is 5.97 Å². The summed E-state index contributed by atoms with van der Waals surface area (Å²) in [5.41, 5.74) is 0.360. The Morgan fingerprint density at radius 3 is 2.81 bits per heavy atom. The second-order valence-electron chi connectivity index (χ2n) is 6.23. The lowest BCUT2D eigenvalue weighted by Crippen LogP contribution is -2.44. The number of nitrogens with zero attached hydrogens (tertiary/aromatic N) is 1. The van der Waals surface area contributed by atoms with E-state index in [1.807, 2.05) is 0 Å². The second-order valence-corrected chi connectivity index (χ2v) is 6.23. The van der Waals surface area contributed by atoms with E-state index in [1.54, 1.807) is 20.0 Å². The normalized spacial score (nSPS) is 19.8. The molecule has 0 saturated carbocycles. The van der Waals surface area contributed by atoms with Crippen molar-refractivity contribution in [3.63, 3.8) is 0 Å². The number of halogens is 1. The summed E-state index contributed by atoms with van der Waals surface area (Å²) in [6.45, 7) is 4.27. The van der Waals surface area contributed by atoms with Crippen molar-refractivity contribution < 1.29 is 23.8 Å². The lowest BCUT2D eigenvalue weighted by molar-refractivity contribution is 0.0599. The largest absolute Gasteiger partial charge is 0.465 e. The molecule has 1 aliphatic rings. The molecule has 0 bridgehead atoms. The first-order chi connectivity index (χ1) is 12.0. The van der Waals surface area contributed by atoms with Gasteiger partial charge in [0.1, 0.15) is 17.1 Å². The summed E-state index contributed by atoms with van der Waals surface area (Å²) in [6.07, 6.45) is 1.61. The summed E-state index contributed by atoms with van der Waals surface area (Å²) < 4.78 is 15.8. The molecule has 1 atom stereocenters. The Bertz CT molecular complexity index is 612. The van der Waals surface area contributed by atoms with Crippen LogP contribution in [0.15, 0.2) is 15.5 Å². The van der Waals surface area contributed by atoms with E-state index >= 15 is 0 Å². The number of aliphatic hydroxyl groups excluding tert-OH is 1. The topological polar surface area (TPSA) is 105 Å². The average Bonchev–Trinajstić information content (AvgIpc) is 3.22. The number of esters is 1. The number of nitrogens with one attached hydrogen (secondary N) is 2. The molecule has 0 aromatic carbocycles. The Labute approximate surface area is 170 Å². The van der Waals surface area contributed by atoms with Crippen molar-refractivity contribution in [1.82, 2.24) is 10.6 Å². The minimum Gasteiger partial charge on any atom is -0.465 e. The Morgan fingerprint density at radius 1 is 1.46 bits per heavy atom. The third-order valence-electron chi connectivity index (χ3n) is 4.49. The van der Waals surface area contributed by atoms with Crippen LogP contribution in [-0.4, -0.2) is 57.6 Å². The summed E-state index contributed by atoms with van der Waals surface area (Å²) >= 11 is 0. The molecule has 0 amide bonds. The average molecular weight is 481 g/mol. The molecule has 8 nitrogen and oxygen atoms in total. The summed E-state index contributed by atoms with van der Waals surface area (Å²) in [5.74, 6) is 1.35. The van der Waals surface area contributed by atoms with Gasteiger partial charge in [-0.3, -0.25) is 4.99 Å². The van der Waals surface area contributed by atoms with Crippen molar-refractivity contribution >= 4 is 35.9 Å². The number of hydrogen-bond acceptors (Lipinski definition) is 6. The zero-order valence-corrected chi connectivity index (χ0v) is 17.8. The summed E-state index contributed by atoms with van der Waals surface area (Å²) in [4.78, 5) is 15.8. The first kappa shape index (κ1) is 22.7. The molecule has 2 rings (SSSR count). The molecule has 2 heterocycles. The highest BCUT2D eigenvalue weighted by Gasteiger charge is 2.34. The second kappa shape index (κ2) is 10.7. The number of carbonyl (C=O) groups excluding carboxylic acids is 1. The minimum atomic E-state index is -0.415. The SMILES string of the molecule is CN=C(NCc1cc(C(=O)OC)c(C)o1)NCC1(CCO)CCOC1.I. The van der Waals surface area contributed by atoms with Gasteiger partial charge in [-0.05, 0) is 25.8 Å². The van der Waals surface area contributed by atoms with Crippen LogP contribution in [0, 0.1) is 12.3 Å². The van der Waals surface area contributed by atoms with Gasteiger partial charge < -0.3 is 29.6 Å². The van der Waals surface area contributed by atoms with Crippen LogP contribution in [0.2, 0.25) is 0 Å². The number of ether oxygens (including phenoxy) is 2. The van der Waals surface area contributed by atoms with Crippen LogP contribution in [0.5, 0.6) is 0 Å². The fourth-order valence-corrected chi connectivity index (χ4v) is 2.92. The van der Waals surface area contributed by atoms with E-state index in [0.717, 1.165) is 13.0 Å². The number of hydrogen-bond donors (Lipinski definition) is 3. The molecule has 3 N–H and O–H groups in total. The van der Waals surface area contributed by atoms with Gasteiger partial charge in [0.2, 0.25) is 0 Å². The molecule has 1 saturated heterocycles. The fraction of sp³-hybridized carbons (Fsp3) is 0.647. The van der Waals surface area contributed by atoms with Gasteiger partial charge in [-0.15, -0.1) is 24.0 Å². The quantitative estimate of drug-likeness (QED) is 0.234. The van der Waals surface area contributed by atoms with Crippen molar-refractivity contribution in [2.24, 2.45) is 10.4 Å². The van der Waals surface area contributed by atoms with Gasteiger partial charge in [0.25, 0.3) is 0 Å². The molecule has 26 heavy (non-hydrogen) atoms. The predicted octanol–water partition coefficient (Wildman–Crippen LogP) is 1.45. The number of aryl methyl sites for hydroxylation is 1. The molecule has 0 spiro atoms. The zero-order chi connectivity index (χ0) is 18.3. The zero-order valence-electron chi connectivity index (χ0n) is 15.5. The number of aliphatic hydroxyl groups is 1. The van der Waals surface area contributed by atoms with Crippen LogP contribution >= 0.6 is 24.0 Å². The predicted molar refractivity (Wildman–Crippen MR) is 108 cm³/mol. The van der Waals surface area contributed by atoms with Crippen molar-refractivity contribution in [2.75, 3.05) is 40.5 Å². The molecule has 148 valence electrons. The monoisotopic (exact) mass is 481 g/mol. The van der Waals surface area contributed by atoms with E-state index in [-0.39, 0.29) is 36.0 Å². The molecule has 1 aromatic rings. The van der Waals surface area contributed by atoms with Crippen molar-refractivity contribution in [1.29, 1.82) is 0 Å². The molecular weight excluding hydrogens is 453 g/mol. The highest BCUT2D eigenvalue weighted by atomic mass is 127. The van der Waals surface area contributed by atoms with Crippen molar-refractivity contribution in [3.8, 4) is 0 Å². The summed E-state index contributed by atoms with van der Waals surface area (Å²) in [6, 6.07) is 1.67. The Hall–Kier alpha value is -1.33. The van der Waals surface area contributed by atoms with Crippen LogP contribution < -0.4 is 10.6 Å². The van der Waals surface area contributed by atoms with Gasteiger partial charge in [-0.25, -0.2) is 4.79 Å². The Balaban J connectivity index is 0.00000338. The molecule has 0 radical (unpaired) electrons. The maximum absolute atomic E-state index is 11.6. The third kappa shape index (κ3) is 5.85. The minimum absolute atomic E-state index is 0. The number of carbonyl (C=O) groups is 1. The van der Waals surface area contributed by atoms with E-state index < -0.39 is 5.97 Å². The molecule has 1 unspecified atom stereocenters. The number of methoxy groups -OCH3 is 1. The van der Waals surface area contributed by atoms with Gasteiger partial charge in [-0.2, -0.15) is 0 Å². The van der Waals surface area contributed by atoms with Gasteiger partial charge in [0.15, 0.2) is 5.96 Å². The standard InChI is InChI=1S/C17H27N3O5.HI/c1-12-14(15(22)23-3)8-13(25-12)9-19-16(18-2)20-10-17(4-6-21)5-7-24-11-17;/h8,21H,4-7,9-11H2,1-3H3,(H2,18,19,20);1H. The van der Waals surface area contributed by atoms with E-state index in [9.17, 15) is 9.90 Å². The fourth-order valence-electron chi connectivity index (χ4n) is 2.92. The summed E-state index contributed by atoms with van der Waals surface area (Å²) in [7, 11) is 3.03. The third-order valence-corrected chi connectivity index (χ3v) is 4.49. The number of furan rings is 1. The first-order valence-corrected chi connectivity index (χ1v) is 8.34. The molecule has 0 aliphatic carbocycles. The smallest absolute Gasteiger partial charge is 0.341 e. The van der Waals surface area contributed by atoms with Gasteiger partial charge in [-0.1, -0.05) is 0 Å².